The molecule has 0 aliphatic heterocycles. The number of hydrogen-bond acceptors (Lipinski definition) is 3. The molecule has 3 aromatic rings. The van der Waals surface area contributed by atoms with Crippen LogP contribution >= 0.6 is 22.6 Å². The fourth-order valence-electron chi connectivity index (χ4n) is 2.62. The van der Waals surface area contributed by atoms with Crippen LogP contribution in [-0.2, 0) is 17.9 Å². The van der Waals surface area contributed by atoms with E-state index in [4.69, 9.17) is 0 Å². The van der Waals surface area contributed by atoms with Crippen molar-refractivity contribution >= 4 is 34.2 Å². The summed E-state index contributed by atoms with van der Waals surface area (Å²) in [4.78, 5) is 37.1. The smallest absolute Gasteiger partial charge is 0.324 e. The van der Waals surface area contributed by atoms with E-state index in [2.05, 4.69) is 27.9 Å². The zero-order valence-electron chi connectivity index (χ0n) is 14.7. The summed E-state index contributed by atoms with van der Waals surface area (Å²) in [5, 5.41) is 2.73. The molecule has 0 spiro atoms. The van der Waals surface area contributed by atoms with E-state index in [1.165, 1.54) is 16.8 Å². The predicted molar refractivity (Wildman–Crippen MR) is 113 cm³/mol. The maximum Gasteiger partial charge on any atom is 0.331 e. The second-order valence-corrected chi connectivity index (χ2v) is 7.31. The second-order valence-electron chi connectivity index (χ2n) is 6.15. The molecule has 0 atom stereocenters. The number of aromatic nitrogens is 2. The lowest BCUT2D eigenvalue weighted by Crippen LogP contribution is -2.41. The number of aryl methyl sites for hydroxylation is 1. The molecule has 1 aromatic heterocycles. The van der Waals surface area contributed by atoms with Gasteiger partial charge in [0.1, 0.15) is 6.54 Å². The third kappa shape index (κ3) is 4.73. The highest BCUT2D eigenvalue weighted by atomic mass is 127. The normalized spacial score (nSPS) is 10.6. The topological polar surface area (TPSA) is 73.1 Å². The lowest BCUT2D eigenvalue weighted by atomic mass is 10.2. The molecule has 0 radical (unpaired) electrons. The summed E-state index contributed by atoms with van der Waals surface area (Å²) in [5.74, 6) is -0.425. The molecular formula is C20H18IN3O3. The van der Waals surface area contributed by atoms with Crippen LogP contribution in [0.5, 0.6) is 0 Å². The van der Waals surface area contributed by atoms with Crippen LogP contribution in [0.15, 0.2) is 70.4 Å². The molecule has 1 heterocycles. The average Bonchev–Trinajstić information content (AvgIpc) is 2.65. The van der Waals surface area contributed by atoms with E-state index >= 15 is 0 Å². The van der Waals surface area contributed by atoms with Crippen LogP contribution in [0.25, 0.3) is 0 Å². The number of hydrogen-bond donors (Lipinski definition) is 1. The van der Waals surface area contributed by atoms with Crippen molar-refractivity contribution < 1.29 is 4.79 Å². The minimum absolute atomic E-state index is 0.331. The van der Waals surface area contributed by atoms with Crippen molar-refractivity contribution in [3.63, 3.8) is 0 Å². The van der Waals surface area contributed by atoms with Crippen LogP contribution in [0, 0.1) is 10.5 Å². The number of nitrogens with zero attached hydrogens (tertiary/aromatic N) is 2. The van der Waals surface area contributed by atoms with Gasteiger partial charge in [-0.15, -0.1) is 0 Å². The molecule has 0 aliphatic rings. The number of rotatable bonds is 5. The van der Waals surface area contributed by atoms with Gasteiger partial charge < -0.3 is 5.32 Å². The second kappa shape index (κ2) is 8.34. The van der Waals surface area contributed by atoms with Crippen molar-refractivity contribution in [3.05, 3.63) is 96.3 Å². The van der Waals surface area contributed by atoms with Crippen molar-refractivity contribution in [2.75, 3.05) is 5.32 Å². The first-order valence-electron chi connectivity index (χ1n) is 8.34. The Labute approximate surface area is 169 Å². The molecule has 1 amide bonds. The minimum Gasteiger partial charge on any atom is -0.324 e. The molecule has 0 saturated heterocycles. The number of carbonyl (C=O) groups excluding carboxylic acids is 1. The Hall–Kier alpha value is -2.68. The molecule has 0 unspecified atom stereocenters. The minimum atomic E-state index is -0.514. The third-order valence-corrected chi connectivity index (χ3v) is 5.25. The summed E-state index contributed by atoms with van der Waals surface area (Å²) in [5.41, 5.74) is 1.65. The maximum atomic E-state index is 12.6. The van der Waals surface area contributed by atoms with E-state index in [1.54, 1.807) is 6.07 Å². The molecule has 27 heavy (non-hydrogen) atoms. The molecule has 0 aliphatic carbocycles. The monoisotopic (exact) mass is 475 g/mol. The molecule has 7 heteroatoms. The van der Waals surface area contributed by atoms with E-state index in [0.717, 1.165) is 19.3 Å². The van der Waals surface area contributed by atoms with Crippen LogP contribution in [0.1, 0.15) is 11.1 Å². The average molecular weight is 475 g/mol. The number of nitrogens with one attached hydrogen (secondary N) is 1. The molecular weight excluding hydrogens is 457 g/mol. The standard InChI is InChI=1S/C20H18IN3O3/c1-14-7-8-16(11-17(14)21)22-18(25)13-24-19(26)9-10-23(20(24)27)12-15-5-3-2-4-6-15/h2-11H,12-13H2,1H3,(H,22,25). The molecule has 0 saturated carbocycles. The van der Waals surface area contributed by atoms with E-state index in [1.807, 2.05) is 49.4 Å². The Bertz CT molecular complexity index is 1090. The van der Waals surface area contributed by atoms with Gasteiger partial charge in [-0.1, -0.05) is 36.4 Å². The first-order valence-corrected chi connectivity index (χ1v) is 9.42. The molecule has 0 bridgehead atoms. The molecule has 2 aromatic carbocycles. The van der Waals surface area contributed by atoms with Crippen LogP contribution in [-0.4, -0.2) is 15.0 Å². The number of anilines is 1. The van der Waals surface area contributed by atoms with Gasteiger partial charge in [0.25, 0.3) is 5.56 Å². The highest BCUT2D eigenvalue weighted by Gasteiger charge is 2.11. The largest absolute Gasteiger partial charge is 0.331 e. The van der Waals surface area contributed by atoms with Crippen molar-refractivity contribution in [2.45, 2.75) is 20.0 Å². The first kappa shape index (κ1) is 19.1. The van der Waals surface area contributed by atoms with E-state index in [-0.39, 0.29) is 6.54 Å². The van der Waals surface area contributed by atoms with Gasteiger partial charge in [-0.05, 0) is 52.8 Å². The fraction of sp³-hybridized carbons (Fsp3) is 0.150. The Morgan fingerprint density at radius 3 is 2.52 bits per heavy atom. The van der Waals surface area contributed by atoms with Crippen molar-refractivity contribution in [2.24, 2.45) is 0 Å². The lowest BCUT2D eigenvalue weighted by Gasteiger charge is -2.11. The summed E-state index contributed by atoms with van der Waals surface area (Å²) >= 11 is 2.19. The van der Waals surface area contributed by atoms with E-state index in [0.29, 0.717) is 12.2 Å². The van der Waals surface area contributed by atoms with Gasteiger partial charge in [-0.25, -0.2) is 4.79 Å². The summed E-state index contributed by atoms with van der Waals surface area (Å²) in [6.07, 6.45) is 1.45. The SMILES string of the molecule is Cc1ccc(NC(=O)Cn2c(=O)ccn(Cc3ccccc3)c2=O)cc1I. The van der Waals surface area contributed by atoms with Gasteiger partial charge in [0.05, 0.1) is 6.54 Å². The van der Waals surface area contributed by atoms with Crippen LogP contribution in [0.3, 0.4) is 0 Å². The van der Waals surface area contributed by atoms with Crippen LogP contribution in [0.4, 0.5) is 5.69 Å². The van der Waals surface area contributed by atoms with Crippen molar-refractivity contribution in [1.29, 1.82) is 0 Å². The van der Waals surface area contributed by atoms with E-state index < -0.39 is 17.2 Å². The number of amides is 1. The highest BCUT2D eigenvalue weighted by molar-refractivity contribution is 14.1. The first-order chi connectivity index (χ1) is 12.9. The van der Waals surface area contributed by atoms with Gasteiger partial charge in [-0.2, -0.15) is 0 Å². The maximum absolute atomic E-state index is 12.6. The van der Waals surface area contributed by atoms with Crippen molar-refractivity contribution in [1.82, 2.24) is 9.13 Å². The molecule has 138 valence electrons. The quantitative estimate of drug-likeness (QED) is 0.577. The van der Waals surface area contributed by atoms with Crippen LogP contribution in [0.2, 0.25) is 0 Å². The Morgan fingerprint density at radius 1 is 1.07 bits per heavy atom. The van der Waals surface area contributed by atoms with Crippen LogP contribution < -0.4 is 16.6 Å². The number of halogens is 1. The summed E-state index contributed by atoms with van der Waals surface area (Å²) in [7, 11) is 0. The molecule has 1 N–H and O–H groups in total. The summed E-state index contributed by atoms with van der Waals surface area (Å²) in [6.45, 7) is 1.97. The summed E-state index contributed by atoms with van der Waals surface area (Å²) < 4.78 is 3.38. The van der Waals surface area contributed by atoms with E-state index in [9.17, 15) is 14.4 Å². The van der Waals surface area contributed by atoms with Gasteiger partial charge in [0, 0.05) is 21.5 Å². The molecule has 6 nitrogen and oxygen atoms in total. The van der Waals surface area contributed by atoms with Gasteiger partial charge in [-0.3, -0.25) is 18.7 Å². The number of carbonyl (C=O) groups is 1. The van der Waals surface area contributed by atoms with Gasteiger partial charge in [0.2, 0.25) is 5.91 Å². The third-order valence-electron chi connectivity index (χ3n) is 4.09. The highest BCUT2D eigenvalue weighted by Crippen LogP contribution is 2.16. The lowest BCUT2D eigenvalue weighted by molar-refractivity contribution is -0.116. The zero-order valence-corrected chi connectivity index (χ0v) is 16.8. The molecule has 0 fully saturated rings. The predicted octanol–water partition coefficient (Wildman–Crippen LogP) is 2.61. The Morgan fingerprint density at radius 2 is 1.81 bits per heavy atom. The Kier molecular flexibility index (Phi) is 5.90. The Balaban J connectivity index is 1.80. The van der Waals surface area contributed by atoms with Gasteiger partial charge in [0.15, 0.2) is 0 Å². The summed E-state index contributed by atoms with van der Waals surface area (Å²) in [6, 6.07) is 16.3. The van der Waals surface area contributed by atoms with Gasteiger partial charge >= 0.3 is 5.69 Å². The number of benzene rings is 2. The van der Waals surface area contributed by atoms with Crippen molar-refractivity contribution in [3.8, 4) is 0 Å². The molecule has 3 rings (SSSR count). The fourth-order valence-corrected chi connectivity index (χ4v) is 3.13. The zero-order chi connectivity index (χ0) is 19.4.